The van der Waals surface area contributed by atoms with Crippen molar-refractivity contribution in [3.63, 3.8) is 0 Å². The monoisotopic (exact) mass is 346 g/mol. The number of carbonyl (C=O) groups excluding carboxylic acids is 3. The SMILES string of the molecule is CC(OC(=O)c1ccc(Cn2cccn2)o1)C(=O)NC(=O)NC1CC1. The zero-order chi connectivity index (χ0) is 17.8. The lowest BCUT2D eigenvalue weighted by atomic mass is 10.3. The first-order valence-corrected chi connectivity index (χ1v) is 7.90. The average molecular weight is 346 g/mol. The number of furan rings is 1. The van der Waals surface area contributed by atoms with Crippen molar-refractivity contribution in [1.29, 1.82) is 0 Å². The molecule has 2 aromatic heterocycles. The van der Waals surface area contributed by atoms with Crippen LogP contribution in [0.3, 0.4) is 0 Å². The van der Waals surface area contributed by atoms with Gasteiger partial charge in [0.05, 0.1) is 6.54 Å². The number of ether oxygens (including phenoxy) is 1. The second-order valence-electron chi connectivity index (χ2n) is 5.75. The summed E-state index contributed by atoms with van der Waals surface area (Å²) in [4.78, 5) is 35.4. The van der Waals surface area contributed by atoms with Crippen molar-refractivity contribution < 1.29 is 23.5 Å². The van der Waals surface area contributed by atoms with Crippen LogP contribution in [0.15, 0.2) is 35.0 Å². The van der Waals surface area contributed by atoms with Crippen molar-refractivity contribution in [2.45, 2.75) is 38.5 Å². The molecule has 0 bridgehead atoms. The Morgan fingerprint density at radius 2 is 2.20 bits per heavy atom. The Hall–Kier alpha value is -3.10. The lowest BCUT2D eigenvalue weighted by Crippen LogP contribution is -2.45. The van der Waals surface area contributed by atoms with Crippen LogP contribution in [-0.2, 0) is 16.1 Å². The number of urea groups is 1. The largest absolute Gasteiger partial charge is 0.452 e. The Labute approximate surface area is 143 Å². The molecule has 0 spiro atoms. The van der Waals surface area contributed by atoms with E-state index in [0.717, 1.165) is 12.8 Å². The van der Waals surface area contributed by atoms with Gasteiger partial charge in [-0.05, 0) is 38.0 Å². The molecule has 1 aliphatic carbocycles. The molecule has 0 radical (unpaired) electrons. The van der Waals surface area contributed by atoms with Gasteiger partial charge in [-0.2, -0.15) is 5.10 Å². The number of esters is 1. The highest BCUT2D eigenvalue weighted by Gasteiger charge is 2.26. The summed E-state index contributed by atoms with van der Waals surface area (Å²) in [6, 6.07) is 4.41. The van der Waals surface area contributed by atoms with E-state index in [2.05, 4.69) is 15.7 Å². The highest BCUT2D eigenvalue weighted by atomic mass is 16.6. The van der Waals surface area contributed by atoms with Crippen LogP contribution < -0.4 is 10.6 Å². The van der Waals surface area contributed by atoms with Crippen LogP contribution in [0.2, 0.25) is 0 Å². The molecule has 132 valence electrons. The van der Waals surface area contributed by atoms with Gasteiger partial charge in [-0.1, -0.05) is 0 Å². The molecule has 9 heteroatoms. The van der Waals surface area contributed by atoms with E-state index in [1.807, 2.05) is 0 Å². The predicted octanol–water partition coefficient (Wildman–Crippen LogP) is 1.06. The van der Waals surface area contributed by atoms with E-state index in [4.69, 9.17) is 9.15 Å². The summed E-state index contributed by atoms with van der Waals surface area (Å²) in [5.74, 6) is -0.979. The number of amides is 3. The maximum atomic E-state index is 12.0. The Kier molecular flexibility index (Phi) is 4.82. The van der Waals surface area contributed by atoms with Crippen LogP contribution in [0, 0.1) is 0 Å². The molecule has 0 aliphatic heterocycles. The molecule has 25 heavy (non-hydrogen) atoms. The number of nitrogens with zero attached hydrogens (tertiary/aromatic N) is 2. The third kappa shape index (κ3) is 4.69. The minimum atomic E-state index is -1.13. The average Bonchev–Trinajstić information content (AvgIpc) is 3.04. The summed E-state index contributed by atoms with van der Waals surface area (Å²) in [5.41, 5.74) is 0. The zero-order valence-electron chi connectivity index (χ0n) is 13.6. The Morgan fingerprint density at radius 3 is 2.88 bits per heavy atom. The first-order chi connectivity index (χ1) is 12.0. The molecule has 3 amide bonds. The second kappa shape index (κ2) is 7.20. The number of imide groups is 1. The number of rotatable bonds is 6. The lowest BCUT2D eigenvalue weighted by molar-refractivity contribution is -0.128. The third-order valence-electron chi connectivity index (χ3n) is 3.54. The quantitative estimate of drug-likeness (QED) is 0.756. The van der Waals surface area contributed by atoms with Gasteiger partial charge in [0.15, 0.2) is 6.10 Å². The van der Waals surface area contributed by atoms with E-state index in [-0.39, 0.29) is 11.8 Å². The molecule has 9 nitrogen and oxygen atoms in total. The van der Waals surface area contributed by atoms with Crippen LogP contribution in [-0.4, -0.2) is 39.8 Å². The summed E-state index contributed by atoms with van der Waals surface area (Å²) >= 11 is 0. The molecule has 1 fully saturated rings. The Bertz CT molecular complexity index is 763. The molecule has 1 atom stereocenters. The van der Waals surface area contributed by atoms with Crippen molar-refractivity contribution in [2.24, 2.45) is 0 Å². The topological polar surface area (TPSA) is 115 Å². The lowest BCUT2D eigenvalue weighted by Gasteiger charge is -2.12. The van der Waals surface area contributed by atoms with Gasteiger partial charge >= 0.3 is 12.0 Å². The van der Waals surface area contributed by atoms with Gasteiger partial charge in [0.1, 0.15) is 5.76 Å². The van der Waals surface area contributed by atoms with E-state index >= 15 is 0 Å². The fraction of sp³-hybridized carbons (Fsp3) is 0.375. The summed E-state index contributed by atoms with van der Waals surface area (Å²) < 4.78 is 12.1. The summed E-state index contributed by atoms with van der Waals surface area (Å²) in [5, 5.41) is 8.78. The number of nitrogens with one attached hydrogen (secondary N) is 2. The van der Waals surface area contributed by atoms with Crippen LogP contribution in [0.4, 0.5) is 4.79 Å². The molecule has 1 saturated carbocycles. The van der Waals surface area contributed by atoms with E-state index in [9.17, 15) is 14.4 Å². The molecule has 2 heterocycles. The smallest absolute Gasteiger partial charge is 0.375 e. The van der Waals surface area contributed by atoms with Gasteiger partial charge in [0.2, 0.25) is 5.76 Å². The first-order valence-electron chi connectivity index (χ1n) is 7.90. The van der Waals surface area contributed by atoms with E-state index in [0.29, 0.717) is 12.3 Å². The van der Waals surface area contributed by atoms with Crippen molar-refractivity contribution >= 4 is 17.9 Å². The number of aromatic nitrogens is 2. The maximum Gasteiger partial charge on any atom is 0.375 e. The molecular weight excluding hydrogens is 328 g/mol. The molecule has 0 aromatic carbocycles. The molecule has 1 aliphatic rings. The molecule has 2 N–H and O–H groups in total. The molecule has 0 saturated heterocycles. The van der Waals surface area contributed by atoms with E-state index in [1.54, 1.807) is 29.2 Å². The minimum Gasteiger partial charge on any atom is -0.452 e. The molecule has 2 aromatic rings. The van der Waals surface area contributed by atoms with Gasteiger partial charge in [-0.15, -0.1) is 0 Å². The molecular formula is C16H18N4O5. The van der Waals surface area contributed by atoms with Crippen molar-refractivity contribution in [3.8, 4) is 0 Å². The van der Waals surface area contributed by atoms with E-state index in [1.165, 1.54) is 13.0 Å². The Morgan fingerprint density at radius 1 is 1.40 bits per heavy atom. The number of hydrogen-bond donors (Lipinski definition) is 2. The van der Waals surface area contributed by atoms with Gasteiger partial charge in [-0.25, -0.2) is 9.59 Å². The number of carbonyl (C=O) groups is 3. The van der Waals surface area contributed by atoms with Crippen LogP contribution in [0.5, 0.6) is 0 Å². The fourth-order valence-electron chi connectivity index (χ4n) is 2.06. The van der Waals surface area contributed by atoms with Crippen LogP contribution >= 0.6 is 0 Å². The van der Waals surface area contributed by atoms with Crippen molar-refractivity contribution in [3.05, 3.63) is 42.1 Å². The summed E-state index contributed by atoms with van der Waals surface area (Å²) in [7, 11) is 0. The molecule has 1 unspecified atom stereocenters. The minimum absolute atomic E-state index is 0.0239. The second-order valence-corrected chi connectivity index (χ2v) is 5.75. The normalized spacial score (nSPS) is 14.6. The predicted molar refractivity (Wildman–Crippen MR) is 84.6 cm³/mol. The van der Waals surface area contributed by atoms with Crippen molar-refractivity contribution in [2.75, 3.05) is 0 Å². The fourth-order valence-corrected chi connectivity index (χ4v) is 2.06. The summed E-state index contributed by atoms with van der Waals surface area (Å²) in [6.45, 7) is 1.75. The first kappa shape index (κ1) is 16.7. The summed E-state index contributed by atoms with van der Waals surface area (Å²) in [6.07, 6.45) is 4.09. The van der Waals surface area contributed by atoms with Gasteiger partial charge in [-0.3, -0.25) is 14.8 Å². The molecule has 3 rings (SSSR count). The maximum absolute atomic E-state index is 12.0. The number of hydrogen-bond acceptors (Lipinski definition) is 6. The highest BCUT2D eigenvalue weighted by Crippen LogP contribution is 2.18. The van der Waals surface area contributed by atoms with Crippen LogP contribution in [0.1, 0.15) is 36.1 Å². The van der Waals surface area contributed by atoms with Crippen molar-refractivity contribution in [1.82, 2.24) is 20.4 Å². The van der Waals surface area contributed by atoms with Gasteiger partial charge in [0.25, 0.3) is 5.91 Å². The standard InChI is InChI=1S/C16H18N4O5/c1-10(14(21)19-16(23)18-11-3-4-11)24-15(22)13-6-5-12(25-13)9-20-8-2-7-17-20/h2,5-8,10-11H,3-4,9H2,1H3,(H2,18,19,21,23). The third-order valence-corrected chi connectivity index (χ3v) is 3.54. The zero-order valence-corrected chi connectivity index (χ0v) is 13.6. The highest BCUT2D eigenvalue weighted by molar-refractivity contribution is 5.98. The van der Waals surface area contributed by atoms with Gasteiger partial charge < -0.3 is 14.5 Å². The Balaban J connectivity index is 1.49. The van der Waals surface area contributed by atoms with Gasteiger partial charge in [0, 0.05) is 18.4 Å². The van der Waals surface area contributed by atoms with E-state index < -0.39 is 24.0 Å². The van der Waals surface area contributed by atoms with Crippen LogP contribution in [0.25, 0.3) is 0 Å².